The van der Waals surface area contributed by atoms with Crippen LogP contribution in [0.5, 0.6) is 0 Å². The molecule has 4 nitrogen and oxygen atoms in total. The number of halogens is 2. The zero-order chi connectivity index (χ0) is 14.7. The highest BCUT2D eigenvalue weighted by atomic mass is 35.5. The lowest BCUT2D eigenvalue weighted by molar-refractivity contribution is 0.262. The largest absolute Gasteiger partial charge is 0.397 e. The number of aryl methyl sites for hydroxylation is 1. The van der Waals surface area contributed by atoms with Gasteiger partial charge in [-0.3, -0.25) is 0 Å². The molecular formula is C14H13Cl2N3O. The molecule has 0 radical (unpaired) electrons. The fraction of sp³-hybridized carbons (Fsp3) is 0.0714. The van der Waals surface area contributed by atoms with Gasteiger partial charge in [-0.15, -0.1) is 0 Å². The summed E-state index contributed by atoms with van der Waals surface area (Å²) in [6.07, 6.45) is 0. The third-order valence-corrected chi connectivity index (χ3v) is 3.44. The van der Waals surface area contributed by atoms with E-state index in [1.807, 2.05) is 13.0 Å². The molecule has 4 N–H and O–H groups in total. The number of amides is 2. The number of carbonyl (C=O) groups excluding carboxylic acids is 1. The van der Waals surface area contributed by atoms with Crippen molar-refractivity contribution in [3.8, 4) is 0 Å². The zero-order valence-corrected chi connectivity index (χ0v) is 12.2. The van der Waals surface area contributed by atoms with Gasteiger partial charge in [-0.05, 0) is 36.8 Å². The Kier molecular flexibility index (Phi) is 4.37. The van der Waals surface area contributed by atoms with Gasteiger partial charge in [0.1, 0.15) is 0 Å². The van der Waals surface area contributed by atoms with Gasteiger partial charge in [0.2, 0.25) is 0 Å². The first kappa shape index (κ1) is 14.5. The molecular weight excluding hydrogens is 297 g/mol. The van der Waals surface area contributed by atoms with Crippen LogP contribution >= 0.6 is 23.2 Å². The molecule has 0 saturated carbocycles. The fourth-order valence-electron chi connectivity index (χ4n) is 1.62. The molecule has 2 aromatic rings. The van der Waals surface area contributed by atoms with Gasteiger partial charge in [-0.1, -0.05) is 35.3 Å². The van der Waals surface area contributed by atoms with Crippen LogP contribution in [0.4, 0.5) is 21.9 Å². The third kappa shape index (κ3) is 3.35. The molecule has 0 aliphatic carbocycles. The van der Waals surface area contributed by atoms with Crippen LogP contribution in [0, 0.1) is 6.92 Å². The van der Waals surface area contributed by atoms with E-state index in [9.17, 15) is 4.79 Å². The SMILES string of the molecule is Cc1ccc(NC(=O)Nc2c(N)cccc2Cl)cc1Cl. The van der Waals surface area contributed by atoms with E-state index in [-0.39, 0.29) is 0 Å². The van der Waals surface area contributed by atoms with E-state index in [2.05, 4.69) is 10.6 Å². The van der Waals surface area contributed by atoms with Crippen molar-refractivity contribution in [3.63, 3.8) is 0 Å². The monoisotopic (exact) mass is 309 g/mol. The number of rotatable bonds is 2. The smallest absolute Gasteiger partial charge is 0.323 e. The van der Waals surface area contributed by atoms with E-state index in [1.165, 1.54) is 0 Å². The van der Waals surface area contributed by atoms with Crippen LogP contribution in [0.1, 0.15) is 5.56 Å². The van der Waals surface area contributed by atoms with Gasteiger partial charge in [-0.2, -0.15) is 0 Å². The summed E-state index contributed by atoms with van der Waals surface area (Å²) in [7, 11) is 0. The predicted molar refractivity (Wildman–Crippen MR) is 84.7 cm³/mol. The number of nitrogens with one attached hydrogen (secondary N) is 2. The molecule has 0 unspecified atom stereocenters. The van der Waals surface area contributed by atoms with Gasteiger partial charge in [0.25, 0.3) is 0 Å². The maximum atomic E-state index is 11.9. The molecule has 2 rings (SSSR count). The topological polar surface area (TPSA) is 67.2 Å². The van der Waals surface area contributed by atoms with Crippen molar-refractivity contribution in [1.82, 2.24) is 0 Å². The molecule has 0 atom stereocenters. The van der Waals surface area contributed by atoms with E-state index < -0.39 is 6.03 Å². The van der Waals surface area contributed by atoms with Crippen molar-refractivity contribution >= 4 is 46.3 Å². The van der Waals surface area contributed by atoms with Gasteiger partial charge >= 0.3 is 6.03 Å². The van der Waals surface area contributed by atoms with E-state index in [0.717, 1.165) is 5.56 Å². The van der Waals surface area contributed by atoms with Crippen LogP contribution in [-0.2, 0) is 0 Å². The highest BCUT2D eigenvalue weighted by Crippen LogP contribution is 2.28. The molecule has 0 heterocycles. The lowest BCUT2D eigenvalue weighted by Gasteiger charge is -2.11. The van der Waals surface area contributed by atoms with Crippen molar-refractivity contribution < 1.29 is 4.79 Å². The van der Waals surface area contributed by atoms with Gasteiger partial charge in [-0.25, -0.2) is 4.79 Å². The average molecular weight is 310 g/mol. The summed E-state index contributed by atoms with van der Waals surface area (Å²) in [6.45, 7) is 1.89. The minimum Gasteiger partial charge on any atom is -0.397 e. The first-order valence-corrected chi connectivity index (χ1v) is 6.61. The van der Waals surface area contributed by atoms with Crippen molar-refractivity contribution in [2.24, 2.45) is 0 Å². The standard InChI is InChI=1S/C14H13Cl2N3O/c1-8-5-6-9(7-11(8)16)18-14(20)19-13-10(15)3-2-4-12(13)17/h2-7H,17H2,1H3,(H2,18,19,20). The third-order valence-electron chi connectivity index (χ3n) is 2.71. The average Bonchev–Trinajstić information content (AvgIpc) is 2.38. The maximum Gasteiger partial charge on any atom is 0.323 e. The quantitative estimate of drug-likeness (QED) is 0.713. The maximum absolute atomic E-state index is 11.9. The van der Waals surface area contributed by atoms with Gasteiger partial charge < -0.3 is 16.4 Å². The Balaban J connectivity index is 2.11. The summed E-state index contributed by atoms with van der Waals surface area (Å²) in [6, 6.07) is 9.83. The number of anilines is 3. The van der Waals surface area contributed by atoms with E-state index in [1.54, 1.807) is 30.3 Å². The summed E-state index contributed by atoms with van der Waals surface area (Å²) in [5, 5.41) is 6.24. The van der Waals surface area contributed by atoms with Crippen LogP contribution in [-0.4, -0.2) is 6.03 Å². The molecule has 20 heavy (non-hydrogen) atoms. The number of benzene rings is 2. The second-order valence-corrected chi connectivity index (χ2v) is 5.06. The van der Waals surface area contributed by atoms with Crippen LogP contribution in [0.15, 0.2) is 36.4 Å². The molecule has 0 fully saturated rings. The fourth-order valence-corrected chi connectivity index (χ4v) is 2.03. The number of nitrogen functional groups attached to an aromatic ring is 1. The Hall–Kier alpha value is -1.91. The molecule has 2 amide bonds. The van der Waals surface area contributed by atoms with Crippen molar-refractivity contribution in [2.75, 3.05) is 16.4 Å². The van der Waals surface area contributed by atoms with E-state index in [4.69, 9.17) is 28.9 Å². The summed E-state index contributed by atoms with van der Waals surface area (Å²) >= 11 is 12.0. The minimum absolute atomic E-state index is 0.377. The predicted octanol–water partition coefficient (Wildman–Crippen LogP) is 4.53. The lowest BCUT2D eigenvalue weighted by Crippen LogP contribution is -2.20. The molecule has 104 valence electrons. The van der Waals surface area contributed by atoms with Gasteiger partial charge in [0.15, 0.2) is 0 Å². The van der Waals surface area contributed by atoms with Crippen molar-refractivity contribution in [3.05, 3.63) is 52.0 Å². The number of hydrogen-bond donors (Lipinski definition) is 3. The van der Waals surface area contributed by atoms with Crippen molar-refractivity contribution in [1.29, 1.82) is 0 Å². The van der Waals surface area contributed by atoms with Crippen LogP contribution in [0.3, 0.4) is 0 Å². The number of urea groups is 1. The molecule has 0 spiro atoms. The first-order valence-electron chi connectivity index (χ1n) is 5.85. The zero-order valence-electron chi connectivity index (χ0n) is 10.7. The molecule has 0 saturated heterocycles. The number of carbonyl (C=O) groups is 1. The van der Waals surface area contributed by atoms with Crippen molar-refractivity contribution in [2.45, 2.75) is 6.92 Å². The number of para-hydroxylation sites is 1. The number of nitrogens with two attached hydrogens (primary N) is 1. The summed E-state index contributed by atoms with van der Waals surface area (Å²) < 4.78 is 0. The Bertz CT molecular complexity index is 639. The lowest BCUT2D eigenvalue weighted by atomic mass is 10.2. The number of hydrogen-bond acceptors (Lipinski definition) is 2. The highest BCUT2D eigenvalue weighted by Gasteiger charge is 2.09. The Morgan fingerprint density at radius 3 is 2.50 bits per heavy atom. The molecule has 0 aliphatic heterocycles. The Labute approximate surface area is 126 Å². The summed E-state index contributed by atoms with van der Waals surface area (Å²) in [5.41, 5.74) is 8.06. The second kappa shape index (κ2) is 6.03. The second-order valence-electron chi connectivity index (χ2n) is 4.25. The molecule has 0 aromatic heterocycles. The van der Waals surface area contributed by atoms with Gasteiger partial charge in [0, 0.05) is 10.7 Å². The Morgan fingerprint density at radius 1 is 1.10 bits per heavy atom. The first-order chi connectivity index (χ1) is 9.47. The van der Waals surface area contributed by atoms with Gasteiger partial charge in [0.05, 0.1) is 16.4 Å². The van der Waals surface area contributed by atoms with Crippen LogP contribution in [0.2, 0.25) is 10.0 Å². The van der Waals surface area contributed by atoms with Crippen LogP contribution < -0.4 is 16.4 Å². The minimum atomic E-state index is -0.440. The van der Waals surface area contributed by atoms with E-state index >= 15 is 0 Å². The molecule has 0 aliphatic rings. The molecule has 0 bridgehead atoms. The van der Waals surface area contributed by atoms with Crippen LogP contribution in [0.25, 0.3) is 0 Å². The Morgan fingerprint density at radius 2 is 1.85 bits per heavy atom. The van der Waals surface area contributed by atoms with E-state index in [0.29, 0.717) is 27.1 Å². The molecule has 6 heteroatoms. The summed E-state index contributed by atoms with van der Waals surface area (Å²) in [5.74, 6) is 0. The summed E-state index contributed by atoms with van der Waals surface area (Å²) in [4.78, 5) is 11.9. The highest BCUT2D eigenvalue weighted by molar-refractivity contribution is 6.34. The normalized spacial score (nSPS) is 10.2. The molecule has 2 aromatic carbocycles.